The Hall–Kier alpha value is -2.82. The molecule has 0 aliphatic carbocycles. The third kappa shape index (κ3) is 6.59. The number of rotatable bonds is 8. The van der Waals surface area contributed by atoms with Gasteiger partial charge in [0, 0.05) is 48.4 Å². The van der Waals surface area contributed by atoms with Crippen molar-refractivity contribution in [3.05, 3.63) is 80.4 Å². The molecule has 196 valence electrons. The van der Waals surface area contributed by atoms with E-state index in [0.29, 0.717) is 28.3 Å². The van der Waals surface area contributed by atoms with Gasteiger partial charge in [0.2, 0.25) is 0 Å². The van der Waals surface area contributed by atoms with Crippen LogP contribution >= 0.6 is 46.8 Å². The molecule has 0 radical (unpaired) electrons. The van der Waals surface area contributed by atoms with E-state index in [4.69, 9.17) is 46.1 Å². The summed E-state index contributed by atoms with van der Waals surface area (Å²) in [4.78, 5) is 26.7. The second kappa shape index (κ2) is 11.9. The molecule has 1 aliphatic rings. The van der Waals surface area contributed by atoms with Crippen molar-refractivity contribution in [3.8, 4) is 22.6 Å². The first kappa shape index (κ1) is 26.8. The van der Waals surface area contributed by atoms with Crippen molar-refractivity contribution in [1.82, 2.24) is 25.2 Å². The molecule has 1 fully saturated rings. The number of aromatic nitrogens is 3. The molecule has 2 aromatic heterocycles. The van der Waals surface area contributed by atoms with Crippen LogP contribution in [0.1, 0.15) is 33.9 Å². The molecular formula is C27H26Cl2N6OS2. The van der Waals surface area contributed by atoms with Crippen molar-refractivity contribution >= 4 is 57.7 Å². The molecule has 38 heavy (non-hydrogen) atoms. The molecule has 0 unspecified atom stereocenters. The van der Waals surface area contributed by atoms with Crippen molar-refractivity contribution in [3.63, 3.8) is 0 Å². The van der Waals surface area contributed by atoms with Crippen LogP contribution in [0.4, 0.5) is 0 Å². The van der Waals surface area contributed by atoms with Gasteiger partial charge in [-0.2, -0.15) is 0 Å². The predicted molar refractivity (Wildman–Crippen MR) is 158 cm³/mol. The fourth-order valence-corrected chi connectivity index (χ4v) is 6.02. The van der Waals surface area contributed by atoms with Gasteiger partial charge in [0.1, 0.15) is 11.5 Å². The number of H-pyrrole nitrogens is 1. The van der Waals surface area contributed by atoms with Crippen molar-refractivity contribution in [2.45, 2.75) is 31.8 Å². The summed E-state index contributed by atoms with van der Waals surface area (Å²) in [5.41, 5.74) is 9.40. The first-order valence-corrected chi connectivity index (χ1v) is 14.2. The number of benzene rings is 2. The highest BCUT2D eigenvalue weighted by Crippen LogP contribution is 2.27. The minimum atomic E-state index is -0.564. The van der Waals surface area contributed by atoms with Crippen molar-refractivity contribution in [2.75, 3.05) is 13.1 Å². The van der Waals surface area contributed by atoms with Crippen LogP contribution in [0.2, 0.25) is 10.0 Å². The second-order valence-corrected chi connectivity index (χ2v) is 11.5. The number of imidazole rings is 1. The van der Waals surface area contributed by atoms with E-state index in [1.165, 1.54) is 11.8 Å². The Morgan fingerprint density at radius 2 is 1.92 bits per heavy atom. The number of primary amides is 1. The first-order chi connectivity index (χ1) is 18.3. The van der Waals surface area contributed by atoms with Gasteiger partial charge in [0.05, 0.1) is 32.2 Å². The van der Waals surface area contributed by atoms with Gasteiger partial charge in [-0.05, 0) is 36.6 Å². The Morgan fingerprint density at radius 3 is 2.66 bits per heavy atom. The fourth-order valence-electron chi connectivity index (χ4n) is 4.49. The fraction of sp³-hybridized carbons (Fsp3) is 0.259. The molecule has 0 atom stereocenters. The second-order valence-electron chi connectivity index (χ2n) is 9.25. The molecule has 0 bridgehead atoms. The van der Waals surface area contributed by atoms with Crippen molar-refractivity contribution in [1.29, 1.82) is 0 Å². The average Bonchev–Trinajstić information content (AvgIpc) is 3.58. The van der Waals surface area contributed by atoms with Crippen LogP contribution < -0.4 is 11.1 Å². The molecule has 4 N–H and O–H groups in total. The van der Waals surface area contributed by atoms with Gasteiger partial charge in [0.15, 0.2) is 0 Å². The van der Waals surface area contributed by atoms with Crippen LogP contribution in [0, 0.1) is 0 Å². The van der Waals surface area contributed by atoms with Gasteiger partial charge >= 0.3 is 0 Å². The summed E-state index contributed by atoms with van der Waals surface area (Å²) in [5.74, 6) is 0.0238. The Kier molecular flexibility index (Phi) is 8.40. The lowest BCUT2D eigenvalue weighted by Crippen LogP contribution is -2.44. The number of thiazole rings is 1. The third-order valence-corrected chi connectivity index (χ3v) is 8.32. The molecule has 0 saturated carbocycles. The van der Waals surface area contributed by atoms with E-state index in [0.717, 1.165) is 59.3 Å². The number of hydrogen-bond donors (Lipinski definition) is 3. The molecule has 1 amide bonds. The number of nitrogens with two attached hydrogens (primary N) is 1. The topological polar surface area (TPSA) is 99.9 Å². The molecule has 4 aromatic rings. The van der Waals surface area contributed by atoms with Crippen LogP contribution in [0.3, 0.4) is 0 Å². The quantitative estimate of drug-likeness (QED) is 0.229. The smallest absolute Gasteiger partial charge is 0.268 e. The molecule has 1 aliphatic heterocycles. The van der Waals surface area contributed by atoms with E-state index in [1.54, 1.807) is 11.3 Å². The van der Waals surface area contributed by atoms with Crippen LogP contribution in [0.5, 0.6) is 0 Å². The van der Waals surface area contributed by atoms with E-state index in [9.17, 15) is 4.79 Å². The summed E-state index contributed by atoms with van der Waals surface area (Å²) in [6.45, 7) is 2.85. The number of carbonyl (C=O) groups excluding carboxylic acids is 1. The van der Waals surface area contributed by atoms with Gasteiger partial charge in [0.25, 0.3) is 5.91 Å². The van der Waals surface area contributed by atoms with E-state index < -0.39 is 5.91 Å². The lowest BCUT2D eigenvalue weighted by atomic mass is 10.0. The highest BCUT2D eigenvalue weighted by atomic mass is 35.5. The zero-order chi connectivity index (χ0) is 26.6. The van der Waals surface area contributed by atoms with E-state index in [-0.39, 0.29) is 5.69 Å². The monoisotopic (exact) mass is 584 g/mol. The Balaban J connectivity index is 1.13. The minimum Gasteiger partial charge on any atom is -0.376 e. The SMILES string of the molecule is NC(=O)c1c[nH]c(-c2cccc(-c3csc(CC(=S)NC4CCN(Cc5ccc(Cl)c(Cl)c5)CC4)n3)c2)n1. The number of piperidine rings is 1. The highest BCUT2D eigenvalue weighted by molar-refractivity contribution is 7.80. The van der Waals surface area contributed by atoms with E-state index in [1.807, 2.05) is 47.8 Å². The third-order valence-electron chi connectivity index (χ3n) is 6.47. The lowest BCUT2D eigenvalue weighted by molar-refractivity contribution is 0.0996. The zero-order valence-electron chi connectivity index (χ0n) is 20.4. The maximum absolute atomic E-state index is 11.4. The number of likely N-dealkylation sites (tertiary alicyclic amines) is 1. The van der Waals surface area contributed by atoms with Crippen LogP contribution in [-0.4, -0.2) is 49.9 Å². The molecule has 3 heterocycles. The Morgan fingerprint density at radius 1 is 1.13 bits per heavy atom. The zero-order valence-corrected chi connectivity index (χ0v) is 23.6. The molecular weight excluding hydrogens is 559 g/mol. The van der Waals surface area contributed by atoms with Gasteiger partial charge in [-0.15, -0.1) is 11.3 Å². The summed E-state index contributed by atoms with van der Waals surface area (Å²) in [5, 5.41) is 7.73. The van der Waals surface area contributed by atoms with Crippen molar-refractivity contribution < 1.29 is 4.79 Å². The van der Waals surface area contributed by atoms with Gasteiger partial charge < -0.3 is 16.0 Å². The molecule has 1 saturated heterocycles. The summed E-state index contributed by atoms with van der Waals surface area (Å²) in [6.07, 6.45) is 4.19. The number of halogens is 2. The molecule has 5 rings (SSSR count). The summed E-state index contributed by atoms with van der Waals surface area (Å²) in [6, 6.07) is 14.1. The Bertz CT molecular complexity index is 1460. The highest BCUT2D eigenvalue weighted by Gasteiger charge is 2.20. The summed E-state index contributed by atoms with van der Waals surface area (Å²) >= 11 is 19.5. The normalized spacial score (nSPS) is 14.5. The minimum absolute atomic E-state index is 0.208. The number of thiocarbonyl (C=S) groups is 1. The maximum Gasteiger partial charge on any atom is 0.268 e. The van der Waals surface area contributed by atoms with E-state index >= 15 is 0 Å². The largest absolute Gasteiger partial charge is 0.376 e. The van der Waals surface area contributed by atoms with Crippen LogP contribution in [0.15, 0.2) is 54.0 Å². The first-order valence-electron chi connectivity index (χ1n) is 12.2. The number of nitrogens with one attached hydrogen (secondary N) is 2. The van der Waals surface area contributed by atoms with Crippen LogP contribution in [-0.2, 0) is 13.0 Å². The number of carbonyl (C=O) groups is 1. The average molecular weight is 586 g/mol. The van der Waals surface area contributed by atoms with Gasteiger partial charge in [-0.1, -0.05) is 59.7 Å². The van der Waals surface area contributed by atoms with Gasteiger partial charge in [-0.3, -0.25) is 9.69 Å². The summed E-state index contributed by atoms with van der Waals surface area (Å²) in [7, 11) is 0. The van der Waals surface area contributed by atoms with E-state index in [2.05, 4.69) is 20.2 Å². The number of aromatic amines is 1. The molecule has 7 nitrogen and oxygen atoms in total. The maximum atomic E-state index is 11.4. The standard InChI is InChI=1S/C27H26Cl2N6OS2/c28-20-5-4-16(10-21(20)29)14-35-8-6-19(7-9-35)32-24(37)12-25-33-23(15-38-25)17-2-1-3-18(11-17)27-31-13-22(34-27)26(30)36/h1-5,10-11,13,15,19H,6-9,12,14H2,(H2,30,36)(H,31,34)(H,32,37). The molecule has 0 spiro atoms. The Labute approximate surface area is 240 Å². The lowest BCUT2D eigenvalue weighted by Gasteiger charge is -2.33. The molecule has 11 heteroatoms. The van der Waals surface area contributed by atoms with Crippen molar-refractivity contribution in [2.24, 2.45) is 5.73 Å². The van der Waals surface area contributed by atoms with Gasteiger partial charge in [-0.25, -0.2) is 9.97 Å². The number of amides is 1. The number of hydrogen-bond acceptors (Lipinski definition) is 6. The molecule has 2 aromatic carbocycles. The summed E-state index contributed by atoms with van der Waals surface area (Å²) < 4.78 is 0. The predicted octanol–water partition coefficient (Wildman–Crippen LogP) is 5.73. The number of nitrogens with zero attached hydrogens (tertiary/aromatic N) is 3. The van der Waals surface area contributed by atoms with Crippen LogP contribution in [0.25, 0.3) is 22.6 Å².